The van der Waals surface area contributed by atoms with Crippen LogP contribution in [0.4, 0.5) is 4.39 Å². The third-order valence-corrected chi connectivity index (χ3v) is 7.14. The van der Waals surface area contributed by atoms with Crippen molar-refractivity contribution in [3.05, 3.63) is 101 Å². The standard InChI is InChI=1S/C25H19FN4O2S2/c26-18-10-12-19(13-11-18)33-14-15-34-25-28-27-23(32-25)22-20-8-4-5-9-21(20)24(31)30(29-22)16-17-6-2-1-3-7-17/h1-13H,14-16H2. The van der Waals surface area contributed by atoms with E-state index in [4.69, 9.17) is 4.42 Å². The highest BCUT2D eigenvalue weighted by Gasteiger charge is 2.18. The lowest BCUT2D eigenvalue weighted by molar-refractivity contribution is 0.463. The van der Waals surface area contributed by atoms with E-state index in [0.29, 0.717) is 28.2 Å². The summed E-state index contributed by atoms with van der Waals surface area (Å²) in [6, 6.07) is 23.4. The Labute approximate surface area is 203 Å². The van der Waals surface area contributed by atoms with Crippen LogP contribution in [0, 0.1) is 5.82 Å². The SMILES string of the molecule is O=c1c2ccccc2c(-c2nnc(SCCSc3ccc(F)cc3)o2)nn1Cc1ccccc1. The van der Waals surface area contributed by atoms with Crippen LogP contribution < -0.4 is 5.56 Å². The third kappa shape index (κ3) is 5.05. The van der Waals surface area contributed by atoms with Crippen molar-refractivity contribution in [1.82, 2.24) is 20.0 Å². The largest absolute Gasteiger partial charge is 0.410 e. The second-order valence-electron chi connectivity index (χ2n) is 7.37. The van der Waals surface area contributed by atoms with Crippen LogP contribution in [-0.4, -0.2) is 31.5 Å². The number of benzene rings is 3. The average Bonchev–Trinajstić information content (AvgIpc) is 3.34. The highest BCUT2D eigenvalue weighted by molar-refractivity contribution is 8.02. The summed E-state index contributed by atoms with van der Waals surface area (Å²) in [4.78, 5) is 14.0. The van der Waals surface area contributed by atoms with E-state index in [1.807, 2.05) is 48.5 Å². The van der Waals surface area contributed by atoms with Gasteiger partial charge < -0.3 is 4.42 Å². The van der Waals surface area contributed by atoms with Crippen molar-refractivity contribution in [2.75, 3.05) is 11.5 Å². The normalized spacial score (nSPS) is 11.2. The van der Waals surface area contributed by atoms with E-state index in [9.17, 15) is 9.18 Å². The summed E-state index contributed by atoms with van der Waals surface area (Å²) in [6.07, 6.45) is 0. The molecule has 0 fully saturated rings. The third-order valence-electron chi connectivity index (χ3n) is 5.04. The molecule has 3 aromatic carbocycles. The Bertz CT molecular complexity index is 1470. The van der Waals surface area contributed by atoms with Crippen molar-refractivity contribution in [3.63, 3.8) is 0 Å². The van der Waals surface area contributed by atoms with E-state index in [1.54, 1.807) is 30.0 Å². The van der Waals surface area contributed by atoms with Gasteiger partial charge in [0, 0.05) is 21.8 Å². The van der Waals surface area contributed by atoms with Crippen LogP contribution >= 0.6 is 23.5 Å². The molecule has 0 saturated carbocycles. The minimum Gasteiger partial charge on any atom is -0.410 e. The fourth-order valence-corrected chi connectivity index (χ4v) is 5.08. The van der Waals surface area contributed by atoms with Crippen LogP contribution in [0.2, 0.25) is 0 Å². The minimum absolute atomic E-state index is 0.171. The molecule has 170 valence electrons. The van der Waals surface area contributed by atoms with Crippen LogP contribution in [0.25, 0.3) is 22.4 Å². The van der Waals surface area contributed by atoms with Gasteiger partial charge in [-0.1, -0.05) is 60.3 Å². The number of nitrogens with zero attached hydrogens (tertiary/aromatic N) is 4. The molecule has 6 nitrogen and oxygen atoms in total. The number of thioether (sulfide) groups is 2. The number of aromatic nitrogens is 4. The topological polar surface area (TPSA) is 73.8 Å². The highest BCUT2D eigenvalue weighted by atomic mass is 32.2. The molecule has 0 atom stereocenters. The van der Waals surface area contributed by atoms with Gasteiger partial charge in [0.15, 0.2) is 5.69 Å². The molecule has 0 radical (unpaired) electrons. The molecule has 0 spiro atoms. The summed E-state index contributed by atoms with van der Waals surface area (Å²) in [5.41, 5.74) is 1.28. The molecule has 0 aliphatic carbocycles. The Hall–Kier alpha value is -3.43. The van der Waals surface area contributed by atoms with E-state index in [-0.39, 0.29) is 17.3 Å². The van der Waals surface area contributed by atoms with Gasteiger partial charge in [-0.3, -0.25) is 4.79 Å². The molecule has 34 heavy (non-hydrogen) atoms. The van der Waals surface area contributed by atoms with Crippen molar-refractivity contribution in [2.24, 2.45) is 0 Å². The van der Waals surface area contributed by atoms with Gasteiger partial charge in [0.1, 0.15) is 5.82 Å². The molecule has 2 heterocycles. The number of rotatable bonds is 8. The predicted octanol–water partition coefficient (Wildman–Crippen LogP) is 5.52. The lowest BCUT2D eigenvalue weighted by Gasteiger charge is -2.09. The maximum Gasteiger partial charge on any atom is 0.276 e. The Balaban J connectivity index is 1.36. The second kappa shape index (κ2) is 10.2. The lowest BCUT2D eigenvalue weighted by Crippen LogP contribution is -2.24. The Kier molecular flexibility index (Phi) is 6.73. The summed E-state index contributed by atoms with van der Waals surface area (Å²) < 4.78 is 20.4. The van der Waals surface area contributed by atoms with E-state index in [1.165, 1.54) is 28.6 Å². The van der Waals surface area contributed by atoms with Gasteiger partial charge in [-0.2, -0.15) is 5.10 Å². The van der Waals surface area contributed by atoms with Crippen molar-refractivity contribution in [2.45, 2.75) is 16.7 Å². The second-order valence-corrected chi connectivity index (χ2v) is 9.58. The fraction of sp³-hybridized carbons (Fsp3) is 0.120. The molecule has 0 saturated heterocycles. The summed E-state index contributed by atoms with van der Waals surface area (Å²) in [6.45, 7) is 0.341. The average molecular weight is 491 g/mol. The molecule has 2 aromatic heterocycles. The summed E-state index contributed by atoms with van der Waals surface area (Å²) in [5.74, 6) is 1.57. The van der Waals surface area contributed by atoms with Crippen LogP contribution in [0.1, 0.15) is 5.56 Å². The molecule has 0 aliphatic heterocycles. The zero-order valence-electron chi connectivity index (χ0n) is 17.9. The molecule has 9 heteroatoms. The van der Waals surface area contributed by atoms with Crippen LogP contribution in [0.15, 0.2) is 98.2 Å². The van der Waals surface area contributed by atoms with E-state index >= 15 is 0 Å². The first kappa shape index (κ1) is 22.4. The highest BCUT2D eigenvalue weighted by Crippen LogP contribution is 2.28. The van der Waals surface area contributed by atoms with Crippen LogP contribution in [-0.2, 0) is 6.54 Å². The zero-order chi connectivity index (χ0) is 23.3. The predicted molar refractivity (Wildman–Crippen MR) is 133 cm³/mol. The molecule has 0 bridgehead atoms. The summed E-state index contributed by atoms with van der Waals surface area (Å²) in [7, 11) is 0. The van der Waals surface area contributed by atoms with Crippen molar-refractivity contribution in [3.8, 4) is 11.6 Å². The van der Waals surface area contributed by atoms with E-state index in [0.717, 1.165) is 22.0 Å². The van der Waals surface area contributed by atoms with Crippen molar-refractivity contribution in [1.29, 1.82) is 0 Å². The monoisotopic (exact) mass is 490 g/mol. The minimum atomic E-state index is -0.242. The van der Waals surface area contributed by atoms with Gasteiger partial charge in [-0.05, 0) is 35.9 Å². The molecule has 0 amide bonds. The Morgan fingerprint density at radius 1 is 0.824 bits per heavy atom. The molecular weight excluding hydrogens is 471 g/mol. The maximum atomic E-state index is 13.0. The van der Waals surface area contributed by atoms with Crippen LogP contribution in [0.5, 0.6) is 0 Å². The quantitative estimate of drug-likeness (QED) is 0.209. The zero-order valence-corrected chi connectivity index (χ0v) is 19.6. The number of fused-ring (bicyclic) bond motifs is 1. The Morgan fingerprint density at radius 3 is 2.32 bits per heavy atom. The van der Waals surface area contributed by atoms with Crippen molar-refractivity contribution < 1.29 is 8.81 Å². The summed E-state index contributed by atoms with van der Waals surface area (Å²) >= 11 is 3.07. The lowest BCUT2D eigenvalue weighted by atomic mass is 10.1. The first-order valence-electron chi connectivity index (χ1n) is 10.6. The molecule has 5 aromatic rings. The van der Waals surface area contributed by atoms with Crippen molar-refractivity contribution >= 4 is 34.3 Å². The number of hydrogen-bond donors (Lipinski definition) is 0. The van der Waals surface area contributed by atoms with Gasteiger partial charge in [0.2, 0.25) is 0 Å². The number of hydrogen-bond acceptors (Lipinski definition) is 7. The first-order chi connectivity index (χ1) is 16.7. The van der Waals surface area contributed by atoms with Crippen LogP contribution in [0.3, 0.4) is 0 Å². The smallest absolute Gasteiger partial charge is 0.276 e. The van der Waals surface area contributed by atoms with Gasteiger partial charge >= 0.3 is 0 Å². The summed E-state index contributed by atoms with van der Waals surface area (Å²) in [5, 5.41) is 14.6. The van der Waals surface area contributed by atoms with Gasteiger partial charge in [0.05, 0.1) is 11.9 Å². The van der Waals surface area contributed by atoms with E-state index in [2.05, 4.69) is 15.3 Å². The molecular formula is C25H19FN4O2S2. The first-order valence-corrected chi connectivity index (χ1v) is 12.5. The number of halogens is 1. The molecule has 0 N–H and O–H groups in total. The van der Waals surface area contributed by atoms with E-state index < -0.39 is 0 Å². The maximum absolute atomic E-state index is 13.0. The fourth-order valence-electron chi connectivity index (χ4n) is 3.44. The Morgan fingerprint density at radius 2 is 1.53 bits per heavy atom. The van der Waals surface area contributed by atoms with Gasteiger partial charge in [-0.15, -0.1) is 22.0 Å². The van der Waals surface area contributed by atoms with Gasteiger partial charge in [0.25, 0.3) is 16.7 Å². The van der Waals surface area contributed by atoms with Gasteiger partial charge in [-0.25, -0.2) is 9.07 Å². The molecule has 0 unspecified atom stereocenters. The molecule has 5 rings (SSSR count). The molecule has 0 aliphatic rings.